The first-order valence-corrected chi connectivity index (χ1v) is 4.54. The standard InChI is InChI=1S/C9H16F3NO2/c1-6(13-5-9(10,11)12)7(14)15-8(2,3)4/h6,13H,5H2,1-4H3. The molecule has 90 valence electrons. The summed E-state index contributed by atoms with van der Waals surface area (Å²) in [5.41, 5.74) is -0.689. The van der Waals surface area contributed by atoms with E-state index in [0.717, 1.165) is 0 Å². The van der Waals surface area contributed by atoms with Gasteiger partial charge in [-0.2, -0.15) is 13.2 Å². The highest BCUT2D eigenvalue weighted by atomic mass is 19.4. The lowest BCUT2D eigenvalue weighted by atomic mass is 10.2. The van der Waals surface area contributed by atoms with Crippen LogP contribution in [0.3, 0.4) is 0 Å². The minimum Gasteiger partial charge on any atom is -0.459 e. The first-order valence-electron chi connectivity index (χ1n) is 4.54. The average Bonchev–Trinajstić information content (AvgIpc) is 1.95. The van der Waals surface area contributed by atoms with Crippen LogP contribution in [0, 0.1) is 0 Å². The Bertz CT molecular complexity index is 220. The second kappa shape index (κ2) is 4.83. The fourth-order valence-corrected chi connectivity index (χ4v) is 0.742. The second-order valence-electron chi connectivity index (χ2n) is 4.25. The van der Waals surface area contributed by atoms with Crippen LogP contribution >= 0.6 is 0 Å². The van der Waals surface area contributed by atoms with Gasteiger partial charge < -0.3 is 4.74 Å². The lowest BCUT2D eigenvalue weighted by molar-refractivity contribution is -0.159. The van der Waals surface area contributed by atoms with Gasteiger partial charge in [-0.15, -0.1) is 0 Å². The molecule has 0 bridgehead atoms. The number of carbonyl (C=O) groups excluding carboxylic acids is 1. The molecule has 1 N–H and O–H groups in total. The van der Waals surface area contributed by atoms with Crippen molar-refractivity contribution in [2.75, 3.05) is 6.54 Å². The van der Waals surface area contributed by atoms with Crippen molar-refractivity contribution in [3.05, 3.63) is 0 Å². The molecule has 0 aliphatic heterocycles. The zero-order valence-electron chi connectivity index (χ0n) is 9.23. The van der Waals surface area contributed by atoms with E-state index in [2.05, 4.69) is 0 Å². The number of alkyl halides is 3. The zero-order valence-corrected chi connectivity index (χ0v) is 9.23. The number of nitrogens with one attached hydrogen (secondary N) is 1. The van der Waals surface area contributed by atoms with Gasteiger partial charge in [0.2, 0.25) is 0 Å². The van der Waals surface area contributed by atoms with Gasteiger partial charge in [0.25, 0.3) is 0 Å². The molecule has 0 aromatic heterocycles. The fourth-order valence-electron chi connectivity index (χ4n) is 0.742. The van der Waals surface area contributed by atoms with Gasteiger partial charge in [0.15, 0.2) is 0 Å². The van der Waals surface area contributed by atoms with E-state index in [1.165, 1.54) is 6.92 Å². The third-order valence-corrected chi connectivity index (χ3v) is 1.37. The molecule has 3 nitrogen and oxygen atoms in total. The molecule has 0 aromatic rings. The van der Waals surface area contributed by atoms with Crippen molar-refractivity contribution in [3.63, 3.8) is 0 Å². The highest BCUT2D eigenvalue weighted by molar-refractivity contribution is 5.75. The SMILES string of the molecule is CC(NCC(F)(F)F)C(=O)OC(C)(C)C. The maximum absolute atomic E-state index is 11.8. The van der Waals surface area contributed by atoms with E-state index < -0.39 is 30.3 Å². The van der Waals surface area contributed by atoms with Crippen LogP contribution in [-0.2, 0) is 9.53 Å². The zero-order chi connectivity index (χ0) is 12.3. The summed E-state index contributed by atoms with van der Waals surface area (Å²) in [6.07, 6.45) is -4.32. The van der Waals surface area contributed by atoms with Crippen LogP contribution in [0.5, 0.6) is 0 Å². The Morgan fingerprint density at radius 2 is 1.80 bits per heavy atom. The molecule has 0 fully saturated rings. The summed E-state index contributed by atoms with van der Waals surface area (Å²) in [6, 6.07) is -0.967. The van der Waals surface area contributed by atoms with Crippen molar-refractivity contribution in [2.45, 2.75) is 45.5 Å². The maximum Gasteiger partial charge on any atom is 0.401 e. The van der Waals surface area contributed by atoms with Crippen LogP contribution in [0.1, 0.15) is 27.7 Å². The van der Waals surface area contributed by atoms with Gasteiger partial charge in [0.1, 0.15) is 11.6 Å². The molecule has 1 unspecified atom stereocenters. The molecule has 0 amide bonds. The highest BCUT2D eigenvalue weighted by Gasteiger charge is 2.29. The molecule has 0 rings (SSSR count). The number of halogens is 3. The van der Waals surface area contributed by atoms with Crippen molar-refractivity contribution < 1.29 is 22.7 Å². The van der Waals surface area contributed by atoms with Gasteiger partial charge in [0, 0.05) is 0 Å². The summed E-state index contributed by atoms with van der Waals surface area (Å²) < 4.78 is 40.3. The van der Waals surface area contributed by atoms with E-state index in [1.54, 1.807) is 20.8 Å². The van der Waals surface area contributed by atoms with Crippen molar-refractivity contribution in [2.24, 2.45) is 0 Å². The van der Waals surface area contributed by atoms with Crippen LogP contribution in [0.15, 0.2) is 0 Å². The summed E-state index contributed by atoms with van der Waals surface area (Å²) in [4.78, 5) is 11.2. The van der Waals surface area contributed by atoms with Gasteiger partial charge >= 0.3 is 12.1 Å². The average molecular weight is 227 g/mol. The van der Waals surface area contributed by atoms with Gasteiger partial charge in [0.05, 0.1) is 6.54 Å². The van der Waals surface area contributed by atoms with Crippen LogP contribution in [-0.4, -0.2) is 30.3 Å². The third-order valence-electron chi connectivity index (χ3n) is 1.37. The Morgan fingerprint density at radius 3 is 2.13 bits per heavy atom. The largest absolute Gasteiger partial charge is 0.459 e. The van der Waals surface area contributed by atoms with E-state index in [4.69, 9.17) is 4.74 Å². The molecular formula is C9H16F3NO2. The molecule has 0 aliphatic rings. The van der Waals surface area contributed by atoms with Crippen LogP contribution in [0.4, 0.5) is 13.2 Å². The summed E-state index contributed by atoms with van der Waals surface area (Å²) in [6.45, 7) is 5.09. The number of ether oxygens (including phenoxy) is 1. The number of esters is 1. The lowest BCUT2D eigenvalue weighted by Gasteiger charge is -2.22. The van der Waals surface area contributed by atoms with Gasteiger partial charge in [-0.1, -0.05) is 0 Å². The number of hydrogen-bond acceptors (Lipinski definition) is 3. The molecule has 0 spiro atoms. The van der Waals surface area contributed by atoms with E-state index in [-0.39, 0.29) is 0 Å². The lowest BCUT2D eigenvalue weighted by Crippen LogP contribution is -2.43. The Labute approximate surface area is 87.0 Å². The Kier molecular flexibility index (Phi) is 4.58. The molecule has 0 aromatic carbocycles. The molecule has 15 heavy (non-hydrogen) atoms. The van der Waals surface area contributed by atoms with Crippen LogP contribution in [0.2, 0.25) is 0 Å². The molecule has 0 heterocycles. The summed E-state index contributed by atoms with van der Waals surface area (Å²) in [5, 5.41) is 2.05. The molecule has 0 saturated carbocycles. The summed E-state index contributed by atoms with van der Waals surface area (Å²) >= 11 is 0. The molecule has 1 atom stereocenters. The normalized spacial score (nSPS) is 14.9. The monoisotopic (exact) mass is 227 g/mol. The van der Waals surface area contributed by atoms with Gasteiger partial charge in [-0.05, 0) is 27.7 Å². The molecule has 0 radical (unpaired) electrons. The van der Waals surface area contributed by atoms with Gasteiger partial charge in [-0.3, -0.25) is 10.1 Å². The van der Waals surface area contributed by atoms with Gasteiger partial charge in [-0.25, -0.2) is 0 Å². The Hall–Kier alpha value is -0.780. The fraction of sp³-hybridized carbons (Fsp3) is 0.889. The molecule has 0 aliphatic carbocycles. The Morgan fingerprint density at radius 1 is 1.33 bits per heavy atom. The molecule has 0 saturated heterocycles. The predicted molar refractivity (Wildman–Crippen MR) is 49.4 cm³/mol. The number of rotatable bonds is 3. The predicted octanol–water partition coefficient (Wildman–Crippen LogP) is 1.87. The second-order valence-corrected chi connectivity index (χ2v) is 4.25. The van der Waals surface area contributed by atoms with E-state index in [1.807, 2.05) is 5.32 Å². The minimum atomic E-state index is -4.32. The maximum atomic E-state index is 11.8. The van der Waals surface area contributed by atoms with E-state index in [9.17, 15) is 18.0 Å². The Balaban J connectivity index is 4.01. The van der Waals surface area contributed by atoms with E-state index >= 15 is 0 Å². The molecule has 6 heteroatoms. The summed E-state index contributed by atoms with van der Waals surface area (Å²) in [7, 11) is 0. The first-order chi connectivity index (χ1) is 6.51. The van der Waals surface area contributed by atoms with Crippen molar-refractivity contribution in [1.29, 1.82) is 0 Å². The highest BCUT2D eigenvalue weighted by Crippen LogP contribution is 2.13. The van der Waals surface area contributed by atoms with Crippen LogP contribution < -0.4 is 5.32 Å². The van der Waals surface area contributed by atoms with Crippen molar-refractivity contribution in [1.82, 2.24) is 5.32 Å². The smallest absolute Gasteiger partial charge is 0.401 e. The van der Waals surface area contributed by atoms with Crippen molar-refractivity contribution >= 4 is 5.97 Å². The quantitative estimate of drug-likeness (QED) is 0.748. The first kappa shape index (κ1) is 14.2. The number of carbonyl (C=O) groups is 1. The topological polar surface area (TPSA) is 38.3 Å². The van der Waals surface area contributed by atoms with E-state index in [0.29, 0.717) is 0 Å². The minimum absolute atomic E-state index is 0.688. The van der Waals surface area contributed by atoms with Crippen LogP contribution in [0.25, 0.3) is 0 Å². The van der Waals surface area contributed by atoms with Crippen molar-refractivity contribution in [3.8, 4) is 0 Å². The summed E-state index contributed by atoms with van der Waals surface area (Å²) in [5.74, 6) is -0.688. The third kappa shape index (κ3) is 8.23. The molecular weight excluding hydrogens is 211 g/mol. The number of hydrogen-bond donors (Lipinski definition) is 1.